The Kier molecular flexibility index (Phi) is 5.68. The lowest BCUT2D eigenvalue weighted by atomic mass is 9.84. The fourth-order valence-electron chi connectivity index (χ4n) is 5.27. The molecule has 5 rings (SSSR count). The number of ether oxygens (including phenoxy) is 1. The summed E-state index contributed by atoms with van der Waals surface area (Å²) in [4.78, 5) is 34.8. The first-order valence-electron chi connectivity index (χ1n) is 12.0. The van der Waals surface area contributed by atoms with E-state index in [-0.39, 0.29) is 18.2 Å². The third kappa shape index (κ3) is 4.09. The highest BCUT2D eigenvalue weighted by molar-refractivity contribution is 5.85. The second-order valence-corrected chi connectivity index (χ2v) is 10.4. The third-order valence-corrected chi connectivity index (χ3v) is 6.81. The van der Waals surface area contributed by atoms with Gasteiger partial charge in [0.2, 0.25) is 0 Å². The molecule has 1 aromatic carbocycles. The van der Waals surface area contributed by atoms with Gasteiger partial charge < -0.3 is 24.7 Å². The average Bonchev–Trinajstić information content (AvgIpc) is 3.44. The SMILES string of the molecule is Cc1c[nH]c2ncc(-c3cc4c(c(C5CCCN5C(=O)OC(C)(C)C)c3)C(C=O)NCC4)cc12. The van der Waals surface area contributed by atoms with Gasteiger partial charge in [0, 0.05) is 36.4 Å². The molecule has 1 saturated heterocycles. The van der Waals surface area contributed by atoms with Crippen LogP contribution in [0.2, 0.25) is 0 Å². The summed E-state index contributed by atoms with van der Waals surface area (Å²) in [7, 11) is 0. The number of nitrogens with one attached hydrogen (secondary N) is 2. The number of H-pyrrole nitrogens is 1. The van der Waals surface area contributed by atoms with Crippen molar-refractivity contribution in [3.05, 3.63) is 52.8 Å². The number of nitrogens with zero attached hydrogens (tertiary/aromatic N) is 2. The number of rotatable bonds is 3. The number of pyridine rings is 1. The van der Waals surface area contributed by atoms with Crippen molar-refractivity contribution in [1.82, 2.24) is 20.2 Å². The molecule has 7 nitrogen and oxygen atoms in total. The van der Waals surface area contributed by atoms with Crippen molar-refractivity contribution in [1.29, 1.82) is 0 Å². The summed E-state index contributed by atoms with van der Waals surface area (Å²) < 4.78 is 5.73. The van der Waals surface area contributed by atoms with E-state index in [1.165, 1.54) is 0 Å². The van der Waals surface area contributed by atoms with Crippen LogP contribution < -0.4 is 5.32 Å². The van der Waals surface area contributed by atoms with Gasteiger partial charge in [0.1, 0.15) is 17.5 Å². The molecule has 4 heterocycles. The van der Waals surface area contributed by atoms with E-state index >= 15 is 0 Å². The summed E-state index contributed by atoms with van der Waals surface area (Å²) in [6.45, 7) is 9.12. The number of benzene rings is 1. The van der Waals surface area contributed by atoms with E-state index in [2.05, 4.69) is 40.4 Å². The number of hydrogen-bond donors (Lipinski definition) is 2. The first kappa shape index (κ1) is 22.6. The number of likely N-dealkylation sites (tertiary alicyclic amines) is 1. The molecule has 178 valence electrons. The van der Waals surface area contributed by atoms with Crippen molar-refractivity contribution >= 4 is 23.4 Å². The molecule has 1 amide bonds. The van der Waals surface area contributed by atoms with Crippen LogP contribution in [0.3, 0.4) is 0 Å². The smallest absolute Gasteiger partial charge is 0.410 e. The molecular weight excluding hydrogens is 428 g/mol. The molecule has 2 atom stereocenters. The van der Waals surface area contributed by atoms with Gasteiger partial charge in [-0.3, -0.25) is 0 Å². The first-order chi connectivity index (χ1) is 16.2. The quantitative estimate of drug-likeness (QED) is 0.538. The number of fused-ring (bicyclic) bond motifs is 2. The highest BCUT2D eigenvalue weighted by atomic mass is 16.6. The van der Waals surface area contributed by atoms with Crippen LogP contribution in [0.15, 0.2) is 30.6 Å². The minimum atomic E-state index is -0.562. The second kappa shape index (κ2) is 8.55. The molecule has 7 heteroatoms. The Balaban J connectivity index is 1.63. The van der Waals surface area contributed by atoms with Crippen molar-refractivity contribution < 1.29 is 14.3 Å². The number of amides is 1. The van der Waals surface area contributed by atoms with Crippen LogP contribution >= 0.6 is 0 Å². The minimum absolute atomic E-state index is 0.128. The van der Waals surface area contributed by atoms with Gasteiger partial charge in [-0.25, -0.2) is 9.78 Å². The fraction of sp³-hybridized carbons (Fsp3) is 0.444. The van der Waals surface area contributed by atoms with Crippen molar-refractivity contribution in [3.63, 3.8) is 0 Å². The molecule has 0 radical (unpaired) electrons. The maximum atomic E-state index is 13.1. The van der Waals surface area contributed by atoms with Gasteiger partial charge in [0.25, 0.3) is 0 Å². The Morgan fingerprint density at radius 3 is 2.82 bits per heavy atom. The molecular formula is C27H32N4O3. The third-order valence-electron chi connectivity index (χ3n) is 6.81. The topological polar surface area (TPSA) is 87.3 Å². The normalized spacial score (nSPS) is 20.4. The fourth-order valence-corrected chi connectivity index (χ4v) is 5.27. The molecule has 0 spiro atoms. The van der Waals surface area contributed by atoms with Crippen LogP contribution in [0.4, 0.5) is 4.79 Å². The van der Waals surface area contributed by atoms with E-state index in [0.29, 0.717) is 6.54 Å². The Hall–Kier alpha value is -3.19. The minimum Gasteiger partial charge on any atom is -0.444 e. The van der Waals surface area contributed by atoms with Crippen LogP contribution in [0.25, 0.3) is 22.2 Å². The molecule has 3 aromatic rings. The maximum Gasteiger partial charge on any atom is 0.410 e. The number of aldehydes is 1. The number of hydrogen-bond acceptors (Lipinski definition) is 5. The largest absolute Gasteiger partial charge is 0.444 e. The van der Waals surface area contributed by atoms with E-state index < -0.39 is 5.60 Å². The molecule has 2 aliphatic rings. The monoisotopic (exact) mass is 460 g/mol. The van der Waals surface area contributed by atoms with E-state index in [0.717, 1.165) is 76.5 Å². The van der Waals surface area contributed by atoms with Gasteiger partial charge >= 0.3 is 6.09 Å². The number of carbonyl (C=O) groups is 2. The van der Waals surface area contributed by atoms with Gasteiger partial charge in [-0.15, -0.1) is 0 Å². The Labute approximate surface area is 199 Å². The predicted octanol–water partition coefficient (Wildman–Crippen LogP) is 5.00. The maximum absolute atomic E-state index is 13.1. The zero-order valence-corrected chi connectivity index (χ0v) is 20.3. The number of carbonyl (C=O) groups excluding carboxylic acids is 2. The van der Waals surface area contributed by atoms with Gasteiger partial charge in [0.05, 0.1) is 12.1 Å². The van der Waals surface area contributed by atoms with Crippen LogP contribution in [0, 0.1) is 6.92 Å². The predicted molar refractivity (Wildman–Crippen MR) is 132 cm³/mol. The van der Waals surface area contributed by atoms with Crippen LogP contribution in [-0.2, 0) is 16.0 Å². The van der Waals surface area contributed by atoms with Crippen LogP contribution in [-0.4, -0.2) is 45.9 Å². The van der Waals surface area contributed by atoms with Crippen molar-refractivity contribution in [2.75, 3.05) is 13.1 Å². The van der Waals surface area contributed by atoms with E-state index in [4.69, 9.17) is 4.74 Å². The van der Waals surface area contributed by atoms with Crippen LogP contribution in [0.1, 0.15) is 68.0 Å². The van der Waals surface area contributed by atoms with Gasteiger partial charge in [-0.1, -0.05) is 6.07 Å². The summed E-state index contributed by atoms with van der Waals surface area (Å²) in [5.74, 6) is 0. The highest BCUT2D eigenvalue weighted by Crippen LogP contribution is 2.41. The number of aromatic nitrogens is 2. The Morgan fingerprint density at radius 2 is 2.06 bits per heavy atom. The summed E-state index contributed by atoms with van der Waals surface area (Å²) in [6, 6.07) is 6.00. The molecule has 2 aliphatic heterocycles. The zero-order chi connectivity index (χ0) is 24.0. The highest BCUT2D eigenvalue weighted by Gasteiger charge is 2.37. The van der Waals surface area contributed by atoms with E-state index in [9.17, 15) is 9.59 Å². The zero-order valence-electron chi connectivity index (χ0n) is 20.3. The standard InChI is InChI=1S/C27H32N4O3/c1-16-13-29-25-20(16)12-19(14-30-25)18-10-17-7-8-28-22(15-32)24(17)21(11-18)23-6-5-9-31(23)26(33)34-27(2,3)4/h10-15,22-23,28H,5-9H2,1-4H3,(H,29,30). The van der Waals surface area contributed by atoms with Gasteiger partial charge in [0.15, 0.2) is 0 Å². The van der Waals surface area contributed by atoms with Crippen molar-refractivity contribution in [2.24, 2.45) is 0 Å². The average molecular weight is 461 g/mol. The lowest BCUT2D eigenvalue weighted by Gasteiger charge is -2.33. The molecule has 0 bridgehead atoms. The first-order valence-corrected chi connectivity index (χ1v) is 12.0. The summed E-state index contributed by atoms with van der Waals surface area (Å²) in [5, 5.41) is 4.44. The van der Waals surface area contributed by atoms with Crippen LogP contribution in [0.5, 0.6) is 0 Å². The summed E-state index contributed by atoms with van der Waals surface area (Å²) in [5.41, 5.74) is 6.76. The molecule has 34 heavy (non-hydrogen) atoms. The molecule has 2 aromatic heterocycles. The van der Waals surface area contributed by atoms with E-state index in [1.807, 2.05) is 38.1 Å². The molecule has 2 N–H and O–H groups in total. The Bertz CT molecular complexity index is 1260. The van der Waals surface area contributed by atoms with E-state index in [1.54, 1.807) is 0 Å². The lowest BCUT2D eigenvalue weighted by molar-refractivity contribution is -0.109. The molecule has 0 aliphatic carbocycles. The molecule has 1 fully saturated rings. The van der Waals surface area contributed by atoms with Gasteiger partial charge in [-0.05, 0) is 86.9 Å². The molecule has 0 saturated carbocycles. The summed E-state index contributed by atoms with van der Waals surface area (Å²) >= 11 is 0. The van der Waals surface area contributed by atoms with Crippen molar-refractivity contribution in [3.8, 4) is 11.1 Å². The lowest BCUT2D eigenvalue weighted by Crippen LogP contribution is -2.38. The number of aryl methyl sites for hydroxylation is 1. The second-order valence-electron chi connectivity index (χ2n) is 10.4. The Morgan fingerprint density at radius 1 is 1.24 bits per heavy atom. The van der Waals surface area contributed by atoms with Gasteiger partial charge in [-0.2, -0.15) is 0 Å². The summed E-state index contributed by atoms with van der Waals surface area (Å²) in [6.07, 6.45) is 7.11. The number of aromatic amines is 1. The molecule has 2 unspecified atom stereocenters. The van der Waals surface area contributed by atoms with Crippen molar-refractivity contribution in [2.45, 2.75) is 64.6 Å².